The van der Waals surface area contributed by atoms with E-state index in [0.717, 1.165) is 5.56 Å². The minimum atomic E-state index is -0.891. The lowest BCUT2D eigenvalue weighted by Gasteiger charge is -2.25. The number of aliphatic hydroxyl groups excluding tert-OH is 1. The Labute approximate surface area is 204 Å². The summed E-state index contributed by atoms with van der Waals surface area (Å²) >= 11 is 0. The van der Waals surface area contributed by atoms with Crippen LogP contribution in [0.2, 0.25) is 0 Å². The molecule has 0 spiro atoms. The first-order valence-electron chi connectivity index (χ1n) is 11.6. The van der Waals surface area contributed by atoms with Crippen LogP contribution < -0.4 is 4.74 Å². The number of pyridine rings is 1. The number of carbonyl (C=O) groups excluding carboxylic acids is 2. The fourth-order valence-electron chi connectivity index (χ4n) is 4.34. The van der Waals surface area contributed by atoms with Gasteiger partial charge in [0, 0.05) is 11.8 Å². The van der Waals surface area contributed by atoms with E-state index in [2.05, 4.69) is 4.98 Å². The maximum atomic E-state index is 13.3. The van der Waals surface area contributed by atoms with Gasteiger partial charge >= 0.3 is 0 Å². The number of carbonyl (C=O) groups is 2. The number of Topliss-reactive ketones (excluding diaryl/α,β-unsaturated/α-hetero) is 1. The molecule has 0 aliphatic carbocycles. The molecule has 0 saturated carbocycles. The molecule has 1 saturated heterocycles. The third kappa shape index (κ3) is 4.75. The minimum Gasteiger partial charge on any atom is -0.508 e. The summed E-state index contributed by atoms with van der Waals surface area (Å²) in [6.07, 6.45) is 1.61. The van der Waals surface area contributed by atoms with E-state index in [1.807, 2.05) is 20.8 Å². The third-order valence-electron chi connectivity index (χ3n) is 5.99. The van der Waals surface area contributed by atoms with Gasteiger partial charge in [0.25, 0.3) is 11.7 Å². The fraction of sp³-hybridized carbons (Fsp3) is 0.250. The van der Waals surface area contributed by atoms with Crippen LogP contribution in [0.3, 0.4) is 0 Å². The van der Waals surface area contributed by atoms with Crippen molar-refractivity contribution in [3.05, 3.63) is 94.8 Å². The number of phenolic OH excluding ortho intramolecular Hbond substituents is 1. The molecule has 1 aromatic heterocycles. The van der Waals surface area contributed by atoms with Gasteiger partial charge in [0.15, 0.2) is 0 Å². The van der Waals surface area contributed by atoms with Crippen molar-refractivity contribution in [2.24, 2.45) is 0 Å². The molecule has 1 amide bonds. The summed E-state index contributed by atoms with van der Waals surface area (Å²) in [5, 5.41) is 21.5. The van der Waals surface area contributed by atoms with Crippen molar-refractivity contribution in [2.75, 3.05) is 6.61 Å². The van der Waals surface area contributed by atoms with Gasteiger partial charge in [0.1, 0.15) is 17.3 Å². The molecular formula is C28H28N2O5. The summed E-state index contributed by atoms with van der Waals surface area (Å²) in [4.78, 5) is 32.1. The second-order valence-electron chi connectivity index (χ2n) is 8.68. The standard InChI is InChI=1S/C28H28N2O5/c1-4-35-23-12-11-19(15-22(23)17(2)3)26(32)24-25(18-8-7-10-21(31)14-18)30(28(34)27(24)33)16-20-9-5-6-13-29-20/h5-15,17,25,31-32H,4,16H2,1-3H3/b26-24-. The molecule has 1 fully saturated rings. The van der Waals surface area contributed by atoms with E-state index in [-0.39, 0.29) is 29.5 Å². The number of amides is 1. The number of ketones is 1. The number of aliphatic hydroxyl groups is 1. The molecule has 7 heteroatoms. The molecule has 2 N–H and O–H groups in total. The average molecular weight is 473 g/mol. The first kappa shape index (κ1) is 24.0. The van der Waals surface area contributed by atoms with Gasteiger partial charge in [-0.1, -0.05) is 32.0 Å². The maximum Gasteiger partial charge on any atom is 0.296 e. The van der Waals surface area contributed by atoms with Crippen LogP contribution in [0.25, 0.3) is 5.76 Å². The molecule has 4 rings (SSSR count). The van der Waals surface area contributed by atoms with Crippen LogP contribution >= 0.6 is 0 Å². The highest BCUT2D eigenvalue weighted by Gasteiger charge is 2.46. The fourth-order valence-corrected chi connectivity index (χ4v) is 4.34. The second kappa shape index (κ2) is 10.0. The molecule has 1 unspecified atom stereocenters. The van der Waals surface area contributed by atoms with Gasteiger partial charge in [-0.2, -0.15) is 0 Å². The highest BCUT2D eigenvalue weighted by Crippen LogP contribution is 2.41. The zero-order valence-electron chi connectivity index (χ0n) is 19.9. The summed E-state index contributed by atoms with van der Waals surface area (Å²) < 4.78 is 5.72. The number of aromatic hydroxyl groups is 1. The van der Waals surface area contributed by atoms with Gasteiger partial charge in [-0.25, -0.2) is 0 Å². The van der Waals surface area contributed by atoms with Crippen LogP contribution in [0.5, 0.6) is 11.5 Å². The molecule has 1 aliphatic rings. The molecule has 2 heterocycles. The van der Waals surface area contributed by atoms with E-state index in [0.29, 0.717) is 29.2 Å². The summed E-state index contributed by atoms with van der Waals surface area (Å²) in [7, 11) is 0. The summed E-state index contributed by atoms with van der Waals surface area (Å²) in [6.45, 7) is 6.50. The molecule has 0 bridgehead atoms. The quantitative estimate of drug-likeness (QED) is 0.287. The smallest absolute Gasteiger partial charge is 0.296 e. The van der Waals surface area contributed by atoms with E-state index in [4.69, 9.17) is 4.74 Å². The molecule has 35 heavy (non-hydrogen) atoms. The molecular weight excluding hydrogens is 444 g/mol. The zero-order valence-corrected chi connectivity index (χ0v) is 19.9. The van der Waals surface area contributed by atoms with E-state index in [9.17, 15) is 19.8 Å². The topological polar surface area (TPSA) is 100.0 Å². The number of hydrogen-bond donors (Lipinski definition) is 2. The Kier molecular flexibility index (Phi) is 6.87. The highest BCUT2D eigenvalue weighted by molar-refractivity contribution is 6.46. The Bertz CT molecular complexity index is 1280. The van der Waals surface area contributed by atoms with Crippen molar-refractivity contribution < 1.29 is 24.5 Å². The third-order valence-corrected chi connectivity index (χ3v) is 5.99. The van der Waals surface area contributed by atoms with Gasteiger partial charge < -0.3 is 19.8 Å². The predicted octanol–water partition coefficient (Wildman–Crippen LogP) is 4.93. The number of rotatable bonds is 7. The predicted molar refractivity (Wildman–Crippen MR) is 132 cm³/mol. The Hall–Kier alpha value is -4.13. The number of phenols is 1. The van der Waals surface area contributed by atoms with Gasteiger partial charge in [0.05, 0.1) is 30.5 Å². The Morgan fingerprint density at radius 1 is 1.09 bits per heavy atom. The molecule has 0 radical (unpaired) electrons. The van der Waals surface area contributed by atoms with Crippen LogP contribution in [0.4, 0.5) is 0 Å². The molecule has 180 valence electrons. The number of aromatic nitrogens is 1. The van der Waals surface area contributed by atoms with Crippen molar-refractivity contribution in [3.8, 4) is 11.5 Å². The van der Waals surface area contributed by atoms with E-state index in [1.54, 1.807) is 54.7 Å². The van der Waals surface area contributed by atoms with Crippen LogP contribution in [-0.4, -0.2) is 38.4 Å². The van der Waals surface area contributed by atoms with Crippen molar-refractivity contribution in [1.29, 1.82) is 0 Å². The van der Waals surface area contributed by atoms with Crippen LogP contribution in [-0.2, 0) is 16.1 Å². The number of ether oxygens (including phenoxy) is 1. The lowest BCUT2D eigenvalue weighted by Crippen LogP contribution is -2.29. The molecule has 2 aromatic carbocycles. The first-order chi connectivity index (χ1) is 16.8. The summed E-state index contributed by atoms with van der Waals surface area (Å²) in [5.41, 5.74) is 2.38. The van der Waals surface area contributed by atoms with Gasteiger partial charge in [-0.15, -0.1) is 0 Å². The van der Waals surface area contributed by atoms with Crippen LogP contribution in [0, 0.1) is 0 Å². The summed E-state index contributed by atoms with van der Waals surface area (Å²) in [6, 6.07) is 16.0. The Morgan fingerprint density at radius 3 is 2.54 bits per heavy atom. The highest BCUT2D eigenvalue weighted by atomic mass is 16.5. The Balaban J connectivity index is 1.87. The molecule has 1 atom stereocenters. The number of likely N-dealkylation sites (tertiary alicyclic amines) is 1. The van der Waals surface area contributed by atoms with Crippen molar-refractivity contribution in [1.82, 2.24) is 9.88 Å². The number of benzene rings is 2. The van der Waals surface area contributed by atoms with Gasteiger partial charge in [-0.3, -0.25) is 14.6 Å². The SMILES string of the molecule is CCOc1ccc(/C(O)=C2/C(=O)C(=O)N(Cc3ccccn3)C2c2cccc(O)c2)cc1C(C)C. The lowest BCUT2D eigenvalue weighted by atomic mass is 9.93. The van der Waals surface area contributed by atoms with Crippen molar-refractivity contribution >= 4 is 17.4 Å². The van der Waals surface area contributed by atoms with Gasteiger partial charge in [0.2, 0.25) is 0 Å². The van der Waals surface area contributed by atoms with Crippen LogP contribution in [0.1, 0.15) is 55.1 Å². The van der Waals surface area contributed by atoms with E-state index < -0.39 is 17.7 Å². The minimum absolute atomic E-state index is 0.00548. The Morgan fingerprint density at radius 2 is 1.89 bits per heavy atom. The van der Waals surface area contributed by atoms with E-state index >= 15 is 0 Å². The lowest BCUT2D eigenvalue weighted by molar-refractivity contribution is -0.140. The van der Waals surface area contributed by atoms with Crippen LogP contribution in [0.15, 0.2) is 72.4 Å². The van der Waals surface area contributed by atoms with E-state index in [1.165, 1.54) is 17.0 Å². The normalized spacial score (nSPS) is 17.3. The van der Waals surface area contributed by atoms with Gasteiger partial charge in [-0.05, 0) is 66.4 Å². The zero-order chi connectivity index (χ0) is 25.1. The van der Waals surface area contributed by atoms with Crippen molar-refractivity contribution in [2.45, 2.75) is 39.3 Å². The first-order valence-corrected chi connectivity index (χ1v) is 11.6. The van der Waals surface area contributed by atoms with Crippen molar-refractivity contribution in [3.63, 3.8) is 0 Å². The average Bonchev–Trinajstić information content (AvgIpc) is 3.09. The second-order valence-corrected chi connectivity index (χ2v) is 8.68. The summed E-state index contributed by atoms with van der Waals surface area (Å²) in [5.74, 6) is -0.983. The number of nitrogens with zero attached hydrogens (tertiary/aromatic N) is 2. The molecule has 3 aromatic rings. The number of hydrogen-bond acceptors (Lipinski definition) is 6. The monoisotopic (exact) mass is 472 g/mol. The largest absolute Gasteiger partial charge is 0.508 e. The molecule has 7 nitrogen and oxygen atoms in total. The maximum absolute atomic E-state index is 13.3. The molecule has 1 aliphatic heterocycles.